The molecule has 1 fully saturated rings. The maximum Gasteiger partial charge on any atom is 0.328 e. The number of phenolic OH excluding ortho intramolecular Hbond substituents is 1. The molecular formula is C71H101FN14O20S2. The zero-order valence-corrected chi connectivity index (χ0v) is 62.1. The topological polar surface area (TPSA) is 488 Å². The number of hydrogen-bond acceptors (Lipinski definition) is 24. The van der Waals surface area contributed by atoms with Crippen molar-refractivity contribution in [2.45, 2.75) is 139 Å². The molecule has 0 unspecified atom stereocenters. The zero-order chi connectivity index (χ0) is 78.0. The first-order chi connectivity index (χ1) is 52.1. The van der Waals surface area contributed by atoms with E-state index in [2.05, 4.69) is 63.1 Å². The lowest BCUT2D eigenvalue weighted by atomic mass is 10.0. The second kappa shape index (κ2) is 49.2. The van der Waals surface area contributed by atoms with Gasteiger partial charge >= 0.3 is 5.97 Å². The number of aliphatic hydroxyl groups excluding tert-OH is 2. The van der Waals surface area contributed by atoms with Gasteiger partial charge in [0.2, 0.25) is 53.2 Å². The first-order valence-corrected chi connectivity index (χ1v) is 38.1. The fourth-order valence-electron chi connectivity index (χ4n) is 10.8. The molecule has 3 heterocycles. The summed E-state index contributed by atoms with van der Waals surface area (Å²) in [5.41, 5.74) is 8.74. The number of aliphatic hydroxyl groups is 2. The number of fused-ring (bicyclic) bond motifs is 1. The number of amides is 9. The highest BCUT2D eigenvalue weighted by Crippen LogP contribution is 2.25. The van der Waals surface area contributed by atoms with Gasteiger partial charge in [0.15, 0.2) is 6.04 Å². The van der Waals surface area contributed by atoms with Gasteiger partial charge in [-0.05, 0) is 74.5 Å². The Bertz CT molecular complexity index is 3600. The summed E-state index contributed by atoms with van der Waals surface area (Å²) >= 11 is 0. The number of H-pyrrole nitrogens is 1. The summed E-state index contributed by atoms with van der Waals surface area (Å²) in [5.74, 6) is -10.1. The van der Waals surface area contributed by atoms with Gasteiger partial charge in [-0.3, -0.25) is 43.2 Å². The van der Waals surface area contributed by atoms with Crippen LogP contribution in [0.5, 0.6) is 5.75 Å². The van der Waals surface area contributed by atoms with Crippen LogP contribution in [-0.4, -0.2) is 271 Å². The number of ether oxygens (including phenoxy) is 6. The first-order valence-electron chi connectivity index (χ1n) is 35.6. The number of hydrogen-bond donors (Lipinski definition) is 15. The van der Waals surface area contributed by atoms with Gasteiger partial charge in [-0.15, -0.1) is 5.10 Å². The summed E-state index contributed by atoms with van der Waals surface area (Å²) in [5, 5.41) is 73.6. The Kier molecular flexibility index (Phi) is 40.1. The SMILES string of the molecule is C[C@@H](O)[C@H](NC(=O)[C@@H]1CSSC[C@H](NC(=O)[C@@H](Cc2ccccc2)NC(=O)CCOCCOCCOCCOCCOCCOCCNC(=O)CCc2cn(CC[18F])nn2)C(=O)N[C@@H](Cc2ccc(O)cc2)C(=O)N[C@H](Cc2c[nH]c3ccccc23)C(=O)N[C@@H](CCCCN)C(=O)N[C@@H]([C@@H](C)O)C(=O)N1)C(=O)O. The summed E-state index contributed by atoms with van der Waals surface area (Å²) < 4.78 is 47.3. The zero-order valence-electron chi connectivity index (χ0n) is 60.5. The average Bonchev–Trinajstić information content (AvgIpc) is 1.77. The van der Waals surface area contributed by atoms with Gasteiger partial charge in [0.25, 0.3) is 0 Å². The quantitative estimate of drug-likeness (QED) is 0.0163. The van der Waals surface area contributed by atoms with E-state index in [1.165, 1.54) is 35.9 Å². The molecule has 16 N–H and O–H groups in total. The van der Waals surface area contributed by atoms with Crippen LogP contribution in [0.25, 0.3) is 10.9 Å². The molecule has 10 atom stereocenters. The largest absolute Gasteiger partial charge is 0.508 e. The number of rotatable bonds is 44. The third kappa shape index (κ3) is 32.5. The number of aryl methyl sites for hydroxylation is 2. The van der Waals surface area contributed by atoms with Crippen LogP contribution in [0, 0.1) is 0 Å². The number of nitrogens with zero attached hydrogens (tertiary/aromatic N) is 3. The van der Waals surface area contributed by atoms with E-state index in [4.69, 9.17) is 34.2 Å². The molecular weight excluding hydrogens is 1450 g/mol. The second-order valence-electron chi connectivity index (χ2n) is 25.1. The number of nitrogens with one attached hydrogen (secondary N) is 10. The van der Waals surface area contributed by atoms with Crippen LogP contribution in [0.15, 0.2) is 91.3 Å². The molecule has 1 aliphatic heterocycles. The molecule has 1 saturated heterocycles. The first kappa shape index (κ1) is 88.0. The van der Waals surface area contributed by atoms with Crippen LogP contribution < -0.4 is 53.6 Å². The Balaban J connectivity index is 1.09. The molecule has 1 aliphatic rings. The van der Waals surface area contributed by atoms with E-state index in [0.29, 0.717) is 98.9 Å². The maximum absolute atomic E-state index is 15.1. The van der Waals surface area contributed by atoms with Gasteiger partial charge in [-0.1, -0.05) is 87.5 Å². The number of aromatic amines is 1. The number of alkyl halides is 1. The molecule has 0 spiro atoms. The molecule has 108 heavy (non-hydrogen) atoms. The third-order valence-corrected chi connectivity index (χ3v) is 19.0. The minimum absolute atomic E-state index is 0.0628. The van der Waals surface area contributed by atoms with Crippen LogP contribution in [0.3, 0.4) is 0 Å². The number of carboxylic acids is 1. The van der Waals surface area contributed by atoms with E-state index >= 15 is 9.59 Å². The molecule has 594 valence electrons. The standard InChI is InChI=1S/C71H101FN14O20S2/c1-45(87)62-70(98)81-59(69(97)83-63(46(2)88)71(99)100)44-108-107-43-58(68(96)78-56(39-48-15-18-51(89)19-16-48)66(94)79-57(40-49-41-75-53-13-7-6-12-52(49)53)67(95)77-54(64(92)82-62)14-8-9-23-73)80-65(93)55(38-47-10-4-3-5-11-47)76-61(91)21-26-101-28-30-103-32-34-105-36-37-106-35-33-104-31-29-102-27-24-74-60(90)20-17-50-42-86(25-22-72)85-84-50/h3-7,10-13,15-16,18-19,41-42,45-46,54-59,62-63,75,87-89H,8-9,14,17,20-40,43-44,73H2,1-2H3,(H,74,90)(H,76,91)(H,77,95)(H,78,96)(H,79,94)(H,80,93)(H,81,98)(H,82,92)(H,83,97)(H,99,100)/t45-,46-,54+,55-,56+,57-,58+,59+,62+,63+/m1/s1/i72-1. The van der Waals surface area contributed by atoms with Crippen molar-refractivity contribution < 1.29 is 101 Å². The van der Waals surface area contributed by atoms with E-state index in [-0.39, 0.29) is 108 Å². The van der Waals surface area contributed by atoms with Crippen molar-refractivity contribution in [3.63, 3.8) is 0 Å². The number of aromatic nitrogens is 4. The normalized spacial score (nSPS) is 18.9. The summed E-state index contributed by atoms with van der Waals surface area (Å²) in [6.45, 7) is 5.40. The van der Waals surface area contributed by atoms with Crippen LogP contribution in [-0.2, 0) is 109 Å². The number of aromatic hydroxyl groups is 1. The van der Waals surface area contributed by atoms with Crippen LogP contribution in [0.1, 0.15) is 68.3 Å². The van der Waals surface area contributed by atoms with Gasteiger partial charge < -0.3 is 107 Å². The molecule has 3 aromatic carbocycles. The van der Waals surface area contributed by atoms with E-state index in [0.717, 1.165) is 28.5 Å². The van der Waals surface area contributed by atoms with E-state index in [1.54, 1.807) is 67.0 Å². The molecule has 9 amide bonds. The lowest BCUT2D eigenvalue weighted by Gasteiger charge is -2.29. The molecule has 0 radical (unpaired) electrons. The van der Waals surface area contributed by atoms with E-state index in [9.17, 15) is 63.2 Å². The number of phenols is 1. The predicted octanol–water partition coefficient (Wildman–Crippen LogP) is -1.05. The van der Waals surface area contributed by atoms with Gasteiger partial charge in [0.05, 0.1) is 104 Å². The summed E-state index contributed by atoms with van der Waals surface area (Å²) in [6, 6.07) is 8.80. The fourth-order valence-corrected chi connectivity index (χ4v) is 13.1. The van der Waals surface area contributed by atoms with Crippen LogP contribution >= 0.6 is 21.6 Å². The molecule has 0 aliphatic carbocycles. The number of carbonyl (C=O) groups excluding carboxylic acids is 9. The van der Waals surface area contributed by atoms with Crippen LogP contribution in [0.2, 0.25) is 0 Å². The Hall–Kier alpha value is -8.89. The molecule has 5 aromatic rings. The van der Waals surface area contributed by atoms with Crippen molar-refractivity contribution >= 4 is 91.6 Å². The smallest absolute Gasteiger partial charge is 0.328 e. The van der Waals surface area contributed by atoms with E-state index in [1.807, 2.05) is 0 Å². The minimum Gasteiger partial charge on any atom is -0.508 e. The number of benzene rings is 3. The highest BCUT2D eigenvalue weighted by atomic mass is 33.1. The van der Waals surface area contributed by atoms with Gasteiger partial charge in [-0.2, -0.15) is 0 Å². The molecule has 0 bridgehead atoms. The van der Waals surface area contributed by atoms with Gasteiger partial charge in [0, 0.05) is 79.9 Å². The summed E-state index contributed by atoms with van der Waals surface area (Å²) in [7, 11) is 1.75. The number of carbonyl (C=O) groups is 10. The monoisotopic (exact) mass is 1550 g/mol. The fraction of sp³-hybridized carbons (Fsp3) is 0.549. The van der Waals surface area contributed by atoms with Gasteiger partial charge in [-0.25, -0.2) is 13.9 Å². The Morgan fingerprint density at radius 1 is 0.657 bits per heavy atom. The third-order valence-electron chi connectivity index (χ3n) is 16.6. The predicted molar refractivity (Wildman–Crippen MR) is 395 cm³/mol. The lowest BCUT2D eigenvalue weighted by Crippen LogP contribution is -2.62. The van der Waals surface area contributed by atoms with Gasteiger partial charge in [0.1, 0.15) is 54.7 Å². The maximum atomic E-state index is 15.1. The number of para-hydroxylation sites is 1. The molecule has 2 aromatic heterocycles. The average molecular weight is 1550 g/mol. The van der Waals surface area contributed by atoms with Crippen molar-refractivity contribution in [1.29, 1.82) is 0 Å². The number of aliphatic carboxylic acids is 1. The summed E-state index contributed by atoms with van der Waals surface area (Å²) in [6.07, 6.45) is 0.436. The number of halogens is 1. The van der Waals surface area contributed by atoms with Crippen molar-refractivity contribution in [2.75, 3.05) is 111 Å². The Labute approximate surface area is 632 Å². The molecule has 34 nitrogen and oxygen atoms in total. The Morgan fingerprint density at radius 3 is 1.88 bits per heavy atom. The van der Waals surface area contributed by atoms with Crippen molar-refractivity contribution in [2.24, 2.45) is 5.73 Å². The number of carboxylic acid groups (broad SMARTS) is 1. The second-order valence-corrected chi connectivity index (χ2v) is 27.7. The number of unbranched alkanes of at least 4 members (excludes halogenated alkanes) is 1. The molecule has 37 heteroatoms. The minimum atomic E-state index is -1.88. The highest BCUT2D eigenvalue weighted by Gasteiger charge is 2.38. The van der Waals surface area contributed by atoms with Crippen molar-refractivity contribution in [3.8, 4) is 5.75 Å². The number of nitrogens with two attached hydrogens (primary N) is 1. The van der Waals surface area contributed by atoms with Crippen LogP contribution in [0.4, 0.5) is 4.39 Å². The van der Waals surface area contributed by atoms with Crippen molar-refractivity contribution in [1.82, 2.24) is 67.8 Å². The molecule has 0 saturated carbocycles. The summed E-state index contributed by atoms with van der Waals surface area (Å²) in [4.78, 5) is 144. The Morgan fingerprint density at radius 2 is 1.25 bits per heavy atom. The van der Waals surface area contributed by atoms with Crippen molar-refractivity contribution in [3.05, 3.63) is 114 Å². The lowest BCUT2D eigenvalue weighted by molar-refractivity contribution is -0.145. The highest BCUT2D eigenvalue weighted by molar-refractivity contribution is 8.76. The van der Waals surface area contributed by atoms with E-state index < -0.39 is 126 Å². The molecule has 6 rings (SSSR count).